The lowest BCUT2D eigenvalue weighted by molar-refractivity contribution is 0.848. The van der Waals surface area contributed by atoms with Crippen molar-refractivity contribution in [1.82, 2.24) is 14.5 Å². The molecule has 2 heterocycles. The lowest BCUT2D eigenvalue weighted by Gasteiger charge is -2.12. The van der Waals surface area contributed by atoms with Crippen LogP contribution in [-0.2, 0) is 7.05 Å². The van der Waals surface area contributed by atoms with Crippen LogP contribution in [0.5, 0.6) is 0 Å². The first kappa shape index (κ1) is 14.8. The van der Waals surface area contributed by atoms with Crippen molar-refractivity contribution in [3.8, 4) is 11.3 Å². The summed E-state index contributed by atoms with van der Waals surface area (Å²) in [5.41, 5.74) is 9.75. The minimum atomic E-state index is -0.202. The van der Waals surface area contributed by atoms with Crippen molar-refractivity contribution >= 4 is 17.2 Å². The number of hydrogen-bond acceptors (Lipinski definition) is 5. The zero-order valence-electron chi connectivity index (χ0n) is 12.9. The Bertz CT molecular complexity index is 903. The molecule has 0 saturated carbocycles. The molecule has 23 heavy (non-hydrogen) atoms. The van der Waals surface area contributed by atoms with E-state index in [9.17, 15) is 4.79 Å². The molecule has 0 atom stereocenters. The number of rotatable bonds is 3. The number of benzene rings is 1. The van der Waals surface area contributed by atoms with Crippen LogP contribution < -0.4 is 16.6 Å². The molecule has 0 aliphatic rings. The van der Waals surface area contributed by atoms with Gasteiger partial charge < -0.3 is 15.6 Å². The fourth-order valence-electron chi connectivity index (χ4n) is 2.32. The van der Waals surface area contributed by atoms with Crippen molar-refractivity contribution in [2.45, 2.75) is 6.92 Å². The van der Waals surface area contributed by atoms with Crippen LogP contribution >= 0.6 is 0 Å². The van der Waals surface area contributed by atoms with E-state index in [0.717, 1.165) is 16.8 Å². The first-order valence-electron chi connectivity index (χ1n) is 7.16. The van der Waals surface area contributed by atoms with Gasteiger partial charge in [-0.2, -0.15) is 0 Å². The summed E-state index contributed by atoms with van der Waals surface area (Å²) < 4.78 is 1.51. The Morgan fingerprint density at radius 2 is 1.91 bits per heavy atom. The highest BCUT2D eigenvalue weighted by atomic mass is 16.1. The van der Waals surface area contributed by atoms with Crippen LogP contribution in [0.25, 0.3) is 11.3 Å². The topological polar surface area (TPSA) is 85.8 Å². The summed E-state index contributed by atoms with van der Waals surface area (Å²) in [7, 11) is 1.70. The van der Waals surface area contributed by atoms with E-state index in [0.29, 0.717) is 11.4 Å². The van der Waals surface area contributed by atoms with Gasteiger partial charge in [0.25, 0.3) is 5.56 Å². The predicted molar refractivity (Wildman–Crippen MR) is 91.6 cm³/mol. The van der Waals surface area contributed by atoms with Gasteiger partial charge in [0.1, 0.15) is 0 Å². The third-order valence-corrected chi connectivity index (χ3v) is 3.67. The van der Waals surface area contributed by atoms with Crippen LogP contribution in [0.15, 0.2) is 53.7 Å². The molecular formula is C17H17N5O. The van der Waals surface area contributed by atoms with Crippen LogP contribution in [0.2, 0.25) is 0 Å². The van der Waals surface area contributed by atoms with E-state index in [-0.39, 0.29) is 11.4 Å². The van der Waals surface area contributed by atoms with Gasteiger partial charge in [-0.3, -0.25) is 9.78 Å². The van der Waals surface area contributed by atoms with Gasteiger partial charge in [-0.15, -0.1) is 0 Å². The Hall–Kier alpha value is -3.15. The average Bonchev–Trinajstić information content (AvgIpc) is 2.55. The highest BCUT2D eigenvalue weighted by Crippen LogP contribution is 2.25. The number of hydrogen-bond donors (Lipinski definition) is 2. The second-order valence-corrected chi connectivity index (χ2v) is 5.27. The highest BCUT2D eigenvalue weighted by molar-refractivity contribution is 5.71. The molecule has 0 unspecified atom stereocenters. The Balaban J connectivity index is 2.10. The lowest BCUT2D eigenvalue weighted by atomic mass is 10.0. The van der Waals surface area contributed by atoms with E-state index in [1.165, 1.54) is 4.57 Å². The Morgan fingerprint density at radius 1 is 1.17 bits per heavy atom. The number of aromatic nitrogens is 3. The standard InChI is InChI=1S/C17H17N5O/c1-11-13(4-3-5-14(11)18)15-10-22(2)17(23)16(21-15)20-12-6-8-19-9-7-12/h3-10H,18H2,1-2H3,(H,19,20,21). The van der Waals surface area contributed by atoms with E-state index >= 15 is 0 Å². The van der Waals surface area contributed by atoms with Gasteiger partial charge >= 0.3 is 0 Å². The summed E-state index contributed by atoms with van der Waals surface area (Å²) in [5, 5.41) is 3.04. The normalized spacial score (nSPS) is 10.5. The van der Waals surface area contributed by atoms with Gasteiger partial charge in [-0.25, -0.2) is 4.98 Å². The number of pyridine rings is 1. The number of nitrogens with zero attached hydrogens (tertiary/aromatic N) is 3. The van der Waals surface area contributed by atoms with Crippen molar-refractivity contribution in [3.05, 3.63) is 64.8 Å². The third-order valence-electron chi connectivity index (χ3n) is 3.67. The summed E-state index contributed by atoms with van der Waals surface area (Å²) in [6.45, 7) is 1.94. The second kappa shape index (κ2) is 5.92. The van der Waals surface area contributed by atoms with Gasteiger partial charge in [-0.05, 0) is 30.7 Å². The smallest absolute Gasteiger partial charge is 0.293 e. The molecule has 0 amide bonds. The van der Waals surface area contributed by atoms with Crippen LogP contribution in [0.1, 0.15) is 5.56 Å². The molecule has 3 N–H and O–H groups in total. The summed E-state index contributed by atoms with van der Waals surface area (Å²) in [4.78, 5) is 20.7. The molecule has 0 radical (unpaired) electrons. The van der Waals surface area contributed by atoms with Gasteiger partial charge in [0.2, 0.25) is 0 Å². The molecule has 116 valence electrons. The molecule has 6 nitrogen and oxygen atoms in total. The fourth-order valence-corrected chi connectivity index (χ4v) is 2.32. The first-order chi connectivity index (χ1) is 11.1. The minimum absolute atomic E-state index is 0.202. The number of nitrogens with two attached hydrogens (primary N) is 1. The number of nitrogens with one attached hydrogen (secondary N) is 1. The van der Waals surface area contributed by atoms with E-state index in [1.807, 2.05) is 25.1 Å². The monoisotopic (exact) mass is 307 g/mol. The largest absolute Gasteiger partial charge is 0.398 e. The number of anilines is 3. The summed E-state index contributed by atoms with van der Waals surface area (Å²) >= 11 is 0. The summed E-state index contributed by atoms with van der Waals surface area (Å²) in [6.07, 6.45) is 5.01. The van der Waals surface area contributed by atoms with Crippen molar-refractivity contribution in [3.63, 3.8) is 0 Å². The molecule has 3 rings (SSSR count). The molecule has 0 spiro atoms. The van der Waals surface area contributed by atoms with Crippen molar-refractivity contribution < 1.29 is 0 Å². The van der Waals surface area contributed by atoms with Crippen LogP contribution in [-0.4, -0.2) is 14.5 Å². The molecule has 6 heteroatoms. The van der Waals surface area contributed by atoms with E-state index < -0.39 is 0 Å². The lowest BCUT2D eigenvalue weighted by Crippen LogP contribution is -2.21. The molecule has 0 aliphatic heterocycles. The zero-order chi connectivity index (χ0) is 16.4. The van der Waals surface area contributed by atoms with Crippen molar-refractivity contribution in [2.24, 2.45) is 7.05 Å². The number of nitrogen functional groups attached to an aromatic ring is 1. The fraction of sp³-hybridized carbons (Fsp3) is 0.118. The summed E-state index contributed by atoms with van der Waals surface area (Å²) in [6, 6.07) is 9.21. The molecule has 0 saturated heterocycles. The maximum Gasteiger partial charge on any atom is 0.293 e. The molecule has 0 aliphatic carbocycles. The van der Waals surface area contributed by atoms with Gasteiger partial charge in [-0.1, -0.05) is 12.1 Å². The van der Waals surface area contributed by atoms with Crippen LogP contribution in [0.3, 0.4) is 0 Å². The quantitative estimate of drug-likeness (QED) is 0.726. The van der Waals surface area contributed by atoms with Gasteiger partial charge in [0.05, 0.1) is 5.69 Å². The molecular weight excluding hydrogens is 290 g/mol. The van der Waals surface area contributed by atoms with E-state index in [1.54, 1.807) is 37.8 Å². The predicted octanol–water partition coefficient (Wildman–Crippen LogP) is 2.48. The molecule has 1 aromatic carbocycles. The van der Waals surface area contributed by atoms with Gasteiger partial charge in [0, 0.05) is 42.6 Å². The molecule has 3 aromatic rings. The molecule has 2 aromatic heterocycles. The Labute approximate surface area is 133 Å². The number of aryl methyl sites for hydroxylation is 1. The van der Waals surface area contributed by atoms with E-state index in [4.69, 9.17) is 5.73 Å². The second-order valence-electron chi connectivity index (χ2n) is 5.27. The summed E-state index contributed by atoms with van der Waals surface area (Å²) in [5.74, 6) is 0.262. The average molecular weight is 307 g/mol. The zero-order valence-corrected chi connectivity index (χ0v) is 12.9. The minimum Gasteiger partial charge on any atom is -0.398 e. The Kier molecular flexibility index (Phi) is 3.80. The van der Waals surface area contributed by atoms with Gasteiger partial charge in [0.15, 0.2) is 5.82 Å². The maximum absolute atomic E-state index is 12.3. The van der Waals surface area contributed by atoms with Crippen molar-refractivity contribution in [1.29, 1.82) is 0 Å². The molecule has 0 bridgehead atoms. The van der Waals surface area contributed by atoms with Crippen molar-refractivity contribution in [2.75, 3.05) is 11.1 Å². The molecule has 0 fully saturated rings. The maximum atomic E-state index is 12.3. The Morgan fingerprint density at radius 3 is 2.65 bits per heavy atom. The first-order valence-corrected chi connectivity index (χ1v) is 7.16. The van der Waals surface area contributed by atoms with E-state index in [2.05, 4.69) is 15.3 Å². The third kappa shape index (κ3) is 2.91. The SMILES string of the molecule is Cc1c(N)cccc1-c1cn(C)c(=O)c(Nc2ccncc2)n1. The highest BCUT2D eigenvalue weighted by Gasteiger charge is 2.11. The van der Waals surface area contributed by atoms with Crippen LogP contribution in [0.4, 0.5) is 17.2 Å². The van der Waals surface area contributed by atoms with Crippen LogP contribution in [0, 0.1) is 6.92 Å².